The van der Waals surface area contributed by atoms with Gasteiger partial charge in [-0.2, -0.15) is 0 Å². The second kappa shape index (κ2) is 14.6. The number of anilines is 6. The van der Waals surface area contributed by atoms with E-state index in [1.807, 2.05) is 12.1 Å². The van der Waals surface area contributed by atoms with Crippen LogP contribution in [0.15, 0.2) is 191 Å². The first kappa shape index (κ1) is 40.5. The highest BCUT2D eigenvalue weighted by atomic mass is 16.3. The number of benzene rings is 9. The standard InChI is InChI=1S/C63H51BN2O2/c1-38-34-55-59-56(35-38)66(44-30-24-40(25-31-44)46-17-13-19-50-48-15-9-11-21-58(48)68-61(46)50)54-37-42(63(5,6)7)26-32-51(54)64(59)52-36-41(62(2,3)4)27-33-53(52)65(55)43-28-22-39(23-29-43)45-16-12-18-49-47-14-8-10-20-57(47)67-60(45)49/h8-37H,1-7H3. The fraction of sp³-hybridized carbons (Fsp3) is 0.143. The van der Waals surface area contributed by atoms with Gasteiger partial charge in [0.15, 0.2) is 0 Å². The average molecular weight is 879 g/mol. The molecule has 0 amide bonds. The smallest absolute Gasteiger partial charge is 0.252 e. The lowest BCUT2D eigenvalue weighted by Crippen LogP contribution is -2.61. The summed E-state index contributed by atoms with van der Waals surface area (Å²) >= 11 is 0. The van der Waals surface area contributed by atoms with Gasteiger partial charge >= 0.3 is 0 Å². The Balaban J connectivity index is 1.00. The molecule has 0 saturated heterocycles. The molecule has 13 rings (SSSR count). The van der Waals surface area contributed by atoms with E-state index in [4.69, 9.17) is 8.83 Å². The van der Waals surface area contributed by atoms with E-state index < -0.39 is 0 Å². The second-order valence-electron chi connectivity index (χ2n) is 21.0. The van der Waals surface area contributed by atoms with Gasteiger partial charge in [0.2, 0.25) is 0 Å². The minimum atomic E-state index is -0.0450. The van der Waals surface area contributed by atoms with Crippen molar-refractivity contribution >= 4 is 101 Å². The minimum absolute atomic E-state index is 0.0179. The van der Waals surface area contributed by atoms with Crippen molar-refractivity contribution in [1.29, 1.82) is 0 Å². The first-order valence-corrected chi connectivity index (χ1v) is 23.9. The zero-order valence-electron chi connectivity index (χ0n) is 39.6. The minimum Gasteiger partial charge on any atom is -0.455 e. The Morgan fingerprint density at radius 3 is 1.40 bits per heavy atom. The van der Waals surface area contributed by atoms with Crippen molar-refractivity contribution in [2.75, 3.05) is 9.80 Å². The summed E-state index contributed by atoms with van der Waals surface area (Å²) in [5, 5.41) is 4.55. The van der Waals surface area contributed by atoms with Gasteiger partial charge in [0.1, 0.15) is 22.3 Å². The first-order chi connectivity index (χ1) is 32.9. The Morgan fingerprint density at radius 1 is 0.397 bits per heavy atom. The fourth-order valence-electron chi connectivity index (χ4n) is 11.2. The molecule has 0 spiro atoms. The Labute approximate surface area is 398 Å². The van der Waals surface area contributed by atoms with Gasteiger partial charge in [-0.3, -0.25) is 0 Å². The first-order valence-electron chi connectivity index (χ1n) is 23.9. The highest BCUT2D eigenvalue weighted by molar-refractivity contribution is 7.00. The summed E-state index contributed by atoms with van der Waals surface area (Å²) in [7, 11) is 0. The number of aryl methyl sites for hydroxylation is 1. The van der Waals surface area contributed by atoms with Crippen LogP contribution in [0.4, 0.5) is 34.1 Å². The molecular weight excluding hydrogens is 828 g/mol. The number of furan rings is 2. The number of rotatable bonds is 4. The summed E-state index contributed by atoms with van der Waals surface area (Å²) in [5.74, 6) is 0. The number of fused-ring (bicyclic) bond motifs is 10. The highest BCUT2D eigenvalue weighted by Crippen LogP contribution is 2.47. The van der Waals surface area contributed by atoms with E-state index in [1.54, 1.807) is 0 Å². The monoisotopic (exact) mass is 878 g/mol. The van der Waals surface area contributed by atoms with E-state index >= 15 is 0 Å². The third-order valence-corrected chi connectivity index (χ3v) is 14.6. The third kappa shape index (κ3) is 6.14. The molecule has 0 unspecified atom stereocenters. The van der Waals surface area contributed by atoms with Gasteiger partial charge in [-0.15, -0.1) is 0 Å². The molecular formula is C63H51BN2O2. The van der Waals surface area contributed by atoms with Crippen molar-refractivity contribution < 1.29 is 8.83 Å². The summed E-state index contributed by atoms with van der Waals surface area (Å²) in [6.07, 6.45) is 0. The molecule has 0 N–H and O–H groups in total. The van der Waals surface area contributed by atoms with E-state index in [0.29, 0.717) is 0 Å². The maximum atomic E-state index is 6.52. The molecule has 328 valence electrons. The third-order valence-electron chi connectivity index (χ3n) is 14.6. The van der Waals surface area contributed by atoms with Crippen LogP contribution in [0.3, 0.4) is 0 Å². The average Bonchev–Trinajstić information content (AvgIpc) is 3.92. The Bertz CT molecular complexity index is 3840. The van der Waals surface area contributed by atoms with Crippen molar-refractivity contribution in [2.24, 2.45) is 0 Å². The summed E-state index contributed by atoms with van der Waals surface area (Å²) in [6.45, 7) is 16.2. The topological polar surface area (TPSA) is 32.8 Å². The van der Waals surface area contributed by atoms with Gasteiger partial charge in [0.05, 0.1) is 0 Å². The quantitative estimate of drug-likeness (QED) is 0.165. The molecule has 0 radical (unpaired) electrons. The number of nitrogens with zero attached hydrogens (tertiary/aromatic N) is 2. The molecule has 2 aliphatic heterocycles. The van der Waals surface area contributed by atoms with Crippen LogP contribution >= 0.6 is 0 Å². The number of hydrogen-bond acceptors (Lipinski definition) is 4. The predicted octanol–water partition coefficient (Wildman–Crippen LogP) is 15.8. The largest absolute Gasteiger partial charge is 0.455 e. The molecule has 0 atom stereocenters. The molecule has 4 heterocycles. The lowest BCUT2D eigenvalue weighted by molar-refractivity contribution is 0.590. The molecule has 0 bridgehead atoms. The van der Waals surface area contributed by atoms with Crippen LogP contribution < -0.4 is 26.2 Å². The zero-order valence-corrected chi connectivity index (χ0v) is 39.6. The molecule has 11 aromatic rings. The van der Waals surface area contributed by atoms with E-state index in [2.05, 4.69) is 228 Å². The Morgan fingerprint density at radius 2 is 0.868 bits per heavy atom. The van der Waals surface area contributed by atoms with Crippen LogP contribution in [0.25, 0.3) is 66.1 Å². The van der Waals surface area contributed by atoms with Crippen LogP contribution in [-0.2, 0) is 10.8 Å². The molecule has 0 saturated carbocycles. The molecule has 5 heteroatoms. The Hall–Kier alpha value is -7.76. The maximum Gasteiger partial charge on any atom is 0.252 e. The van der Waals surface area contributed by atoms with E-state index in [-0.39, 0.29) is 17.5 Å². The molecule has 68 heavy (non-hydrogen) atoms. The van der Waals surface area contributed by atoms with Gasteiger partial charge in [-0.05, 0) is 123 Å². The van der Waals surface area contributed by atoms with Gasteiger partial charge in [-0.1, -0.05) is 163 Å². The molecule has 0 aliphatic carbocycles. The van der Waals surface area contributed by atoms with Gasteiger partial charge in [0.25, 0.3) is 6.71 Å². The molecule has 2 aromatic heterocycles. The lowest BCUT2D eigenvalue weighted by Gasteiger charge is -2.45. The fourth-order valence-corrected chi connectivity index (χ4v) is 11.2. The van der Waals surface area contributed by atoms with Crippen LogP contribution in [0.2, 0.25) is 0 Å². The van der Waals surface area contributed by atoms with E-state index in [9.17, 15) is 0 Å². The maximum absolute atomic E-state index is 6.52. The zero-order chi connectivity index (χ0) is 46.2. The lowest BCUT2D eigenvalue weighted by atomic mass is 9.33. The Kier molecular flexibility index (Phi) is 8.71. The summed E-state index contributed by atoms with van der Waals surface area (Å²) in [5.41, 5.74) is 22.9. The molecule has 4 nitrogen and oxygen atoms in total. The van der Waals surface area contributed by atoms with E-state index in [1.165, 1.54) is 55.8 Å². The molecule has 2 aliphatic rings. The summed E-state index contributed by atoms with van der Waals surface area (Å²) in [6, 6.07) is 67.1. The van der Waals surface area contributed by atoms with Crippen molar-refractivity contribution in [3.8, 4) is 22.3 Å². The van der Waals surface area contributed by atoms with Gasteiger partial charge < -0.3 is 18.6 Å². The van der Waals surface area contributed by atoms with Crippen molar-refractivity contribution in [3.05, 3.63) is 199 Å². The number of para-hydroxylation sites is 4. The van der Waals surface area contributed by atoms with Crippen LogP contribution in [0.1, 0.15) is 58.2 Å². The second-order valence-corrected chi connectivity index (χ2v) is 21.0. The van der Waals surface area contributed by atoms with Crippen molar-refractivity contribution in [1.82, 2.24) is 0 Å². The highest BCUT2D eigenvalue weighted by Gasteiger charge is 2.44. The van der Waals surface area contributed by atoms with Crippen LogP contribution in [-0.4, -0.2) is 6.71 Å². The van der Waals surface area contributed by atoms with Gasteiger partial charge in [0, 0.05) is 66.8 Å². The van der Waals surface area contributed by atoms with E-state index in [0.717, 1.165) is 77.5 Å². The molecule has 9 aromatic carbocycles. The predicted molar refractivity (Wildman–Crippen MR) is 288 cm³/mol. The summed E-state index contributed by atoms with van der Waals surface area (Å²) < 4.78 is 13.0. The van der Waals surface area contributed by atoms with Gasteiger partial charge in [-0.25, -0.2) is 0 Å². The van der Waals surface area contributed by atoms with Crippen LogP contribution in [0, 0.1) is 6.92 Å². The number of hydrogen-bond donors (Lipinski definition) is 0. The van der Waals surface area contributed by atoms with Crippen molar-refractivity contribution in [3.63, 3.8) is 0 Å². The normalized spacial score (nSPS) is 13.4. The molecule has 0 fully saturated rings. The van der Waals surface area contributed by atoms with Crippen LogP contribution in [0.5, 0.6) is 0 Å². The SMILES string of the molecule is Cc1cc2c3c(c1)N(c1ccc(-c4cccc5c4oc4ccccc45)cc1)c1cc(C(C)(C)C)ccc1B3c1cc(C(C)(C)C)ccc1N2c1ccc(-c2cccc3c2oc2ccccc23)cc1. The van der Waals surface area contributed by atoms with Crippen molar-refractivity contribution in [2.45, 2.75) is 59.3 Å². The summed E-state index contributed by atoms with van der Waals surface area (Å²) in [4.78, 5) is 5.05.